The molecule has 2 N–H and O–H groups in total. The summed E-state index contributed by atoms with van der Waals surface area (Å²) in [6.07, 6.45) is 1.39. The molecule has 2 rings (SSSR count). The van der Waals surface area contributed by atoms with Gasteiger partial charge in [0.15, 0.2) is 0 Å². The van der Waals surface area contributed by atoms with Gasteiger partial charge in [-0.1, -0.05) is 6.07 Å². The van der Waals surface area contributed by atoms with E-state index in [1.165, 1.54) is 6.33 Å². The Kier molecular flexibility index (Phi) is 6.70. The first kappa shape index (κ1) is 18.2. The number of esters is 1. The number of nitrogens with one attached hydrogen (secondary N) is 2. The summed E-state index contributed by atoms with van der Waals surface area (Å²) < 4.78 is 9.95. The van der Waals surface area contributed by atoms with E-state index in [-0.39, 0.29) is 18.7 Å². The summed E-state index contributed by atoms with van der Waals surface area (Å²) in [5.74, 6) is 0.851. The van der Waals surface area contributed by atoms with Gasteiger partial charge in [-0.15, -0.1) is 0 Å². The Balaban J connectivity index is 1.94. The first-order chi connectivity index (χ1) is 12.1. The second-order valence-electron chi connectivity index (χ2n) is 5.00. The van der Waals surface area contributed by atoms with E-state index in [1.54, 1.807) is 20.1 Å². The lowest BCUT2D eigenvalue weighted by molar-refractivity contribution is -0.144. The van der Waals surface area contributed by atoms with Gasteiger partial charge in [-0.05, 0) is 19.1 Å². The molecule has 1 aromatic heterocycles. The SMILES string of the molecule is CCOC(=O)CCC(=O)Nc1cc(Nc2cccc(OC)c2)ncn1. The first-order valence-electron chi connectivity index (χ1n) is 7.79. The highest BCUT2D eigenvalue weighted by Crippen LogP contribution is 2.21. The van der Waals surface area contributed by atoms with Crippen molar-refractivity contribution in [3.8, 4) is 5.75 Å². The number of nitrogens with zero attached hydrogens (tertiary/aromatic N) is 2. The number of aromatic nitrogens is 2. The fourth-order valence-corrected chi connectivity index (χ4v) is 2.00. The Bertz CT molecular complexity index is 736. The highest BCUT2D eigenvalue weighted by molar-refractivity contribution is 5.92. The van der Waals surface area contributed by atoms with Crippen molar-refractivity contribution in [3.63, 3.8) is 0 Å². The Morgan fingerprint density at radius 1 is 1.12 bits per heavy atom. The van der Waals surface area contributed by atoms with Gasteiger partial charge in [0.25, 0.3) is 0 Å². The van der Waals surface area contributed by atoms with Crippen LogP contribution in [-0.2, 0) is 14.3 Å². The van der Waals surface area contributed by atoms with Gasteiger partial charge in [-0.3, -0.25) is 9.59 Å². The van der Waals surface area contributed by atoms with Crippen LogP contribution >= 0.6 is 0 Å². The number of carbonyl (C=O) groups excluding carboxylic acids is 2. The van der Waals surface area contributed by atoms with Crippen LogP contribution in [0.5, 0.6) is 5.75 Å². The van der Waals surface area contributed by atoms with Gasteiger partial charge in [-0.2, -0.15) is 0 Å². The zero-order valence-electron chi connectivity index (χ0n) is 14.1. The molecule has 0 radical (unpaired) electrons. The Labute approximate surface area is 145 Å². The summed E-state index contributed by atoms with van der Waals surface area (Å²) in [5.41, 5.74) is 0.789. The molecular weight excluding hydrogens is 324 g/mol. The molecule has 1 aromatic carbocycles. The fourth-order valence-electron chi connectivity index (χ4n) is 2.00. The lowest BCUT2D eigenvalue weighted by Crippen LogP contribution is -2.15. The van der Waals surface area contributed by atoms with Crippen LogP contribution in [0.4, 0.5) is 17.3 Å². The smallest absolute Gasteiger partial charge is 0.306 e. The number of ether oxygens (including phenoxy) is 2. The summed E-state index contributed by atoms with van der Waals surface area (Å²) in [6.45, 7) is 2.02. The van der Waals surface area contributed by atoms with Gasteiger partial charge in [0.1, 0.15) is 23.7 Å². The number of carbonyl (C=O) groups is 2. The first-order valence-corrected chi connectivity index (χ1v) is 7.79. The van der Waals surface area contributed by atoms with E-state index in [0.717, 1.165) is 5.69 Å². The van der Waals surface area contributed by atoms with Crippen molar-refractivity contribution in [3.05, 3.63) is 36.7 Å². The Hall–Kier alpha value is -3.16. The molecule has 0 aliphatic rings. The predicted octanol–water partition coefficient (Wildman–Crippen LogP) is 2.51. The normalized spacial score (nSPS) is 10.0. The van der Waals surface area contributed by atoms with Crippen molar-refractivity contribution in [2.24, 2.45) is 0 Å². The summed E-state index contributed by atoms with van der Waals surface area (Å²) in [5, 5.41) is 5.73. The lowest BCUT2D eigenvalue weighted by atomic mass is 10.3. The maximum atomic E-state index is 11.9. The molecule has 0 aliphatic carbocycles. The van der Waals surface area contributed by atoms with Crippen LogP contribution in [0.15, 0.2) is 36.7 Å². The second kappa shape index (κ2) is 9.21. The van der Waals surface area contributed by atoms with Gasteiger partial charge in [-0.25, -0.2) is 9.97 Å². The van der Waals surface area contributed by atoms with Crippen molar-refractivity contribution in [1.29, 1.82) is 0 Å². The van der Waals surface area contributed by atoms with Crippen LogP contribution in [0, 0.1) is 0 Å². The number of hydrogen-bond acceptors (Lipinski definition) is 7. The molecule has 0 unspecified atom stereocenters. The minimum atomic E-state index is -0.402. The Morgan fingerprint density at radius 3 is 2.68 bits per heavy atom. The van der Waals surface area contributed by atoms with Crippen LogP contribution in [0.2, 0.25) is 0 Å². The third kappa shape index (κ3) is 6.09. The quantitative estimate of drug-likeness (QED) is 0.709. The monoisotopic (exact) mass is 344 g/mol. The van der Waals surface area contributed by atoms with Crippen molar-refractivity contribution < 1.29 is 19.1 Å². The summed E-state index contributed by atoms with van der Waals surface area (Å²) in [7, 11) is 1.59. The minimum Gasteiger partial charge on any atom is -0.497 e. The van der Waals surface area contributed by atoms with Crippen LogP contribution in [0.3, 0.4) is 0 Å². The molecule has 1 amide bonds. The topological polar surface area (TPSA) is 102 Å². The number of rotatable bonds is 8. The average Bonchev–Trinajstić information content (AvgIpc) is 2.61. The van der Waals surface area contributed by atoms with Gasteiger partial charge in [0.2, 0.25) is 5.91 Å². The van der Waals surface area contributed by atoms with Crippen molar-refractivity contribution >= 4 is 29.2 Å². The summed E-state index contributed by atoms with van der Waals surface area (Å²) in [4.78, 5) is 31.2. The van der Waals surface area contributed by atoms with Crippen LogP contribution < -0.4 is 15.4 Å². The Morgan fingerprint density at radius 2 is 1.92 bits per heavy atom. The summed E-state index contributed by atoms with van der Waals surface area (Å²) >= 11 is 0. The molecule has 0 aliphatic heterocycles. The molecule has 8 nitrogen and oxygen atoms in total. The zero-order valence-corrected chi connectivity index (χ0v) is 14.1. The molecule has 0 atom stereocenters. The molecule has 132 valence electrons. The maximum Gasteiger partial charge on any atom is 0.306 e. The van der Waals surface area contributed by atoms with E-state index in [2.05, 4.69) is 20.6 Å². The van der Waals surface area contributed by atoms with Gasteiger partial charge in [0.05, 0.1) is 20.1 Å². The van der Waals surface area contributed by atoms with Crippen LogP contribution in [0.1, 0.15) is 19.8 Å². The van der Waals surface area contributed by atoms with E-state index < -0.39 is 5.97 Å². The second-order valence-corrected chi connectivity index (χ2v) is 5.00. The van der Waals surface area contributed by atoms with Crippen LogP contribution in [-0.4, -0.2) is 35.6 Å². The highest BCUT2D eigenvalue weighted by atomic mass is 16.5. The number of amides is 1. The van der Waals surface area contributed by atoms with Gasteiger partial charge in [0, 0.05) is 24.2 Å². The molecule has 2 aromatic rings. The molecule has 1 heterocycles. The molecular formula is C17H20N4O4. The zero-order chi connectivity index (χ0) is 18.1. The predicted molar refractivity (Wildman–Crippen MR) is 92.8 cm³/mol. The number of hydrogen-bond donors (Lipinski definition) is 2. The third-order valence-electron chi connectivity index (χ3n) is 3.14. The lowest BCUT2D eigenvalue weighted by Gasteiger charge is -2.09. The van der Waals surface area contributed by atoms with E-state index in [0.29, 0.717) is 24.0 Å². The average molecular weight is 344 g/mol. The maximum absolute atomic E-state index is 11.9. The molecule has 0 bridgehead atoms. The molecule has 25 heavy (non-hydrogen) atoms. The summed E-state index contributed by atoms with van der Waals surface area (Å²) in [6, 6.07) is 8.96. The van der Waals surface area contributed by atoms with Crippen LogP contribution in [0.25, 0.3) is 0 Å². The highest BCUT2D eigenvalue weighted by Gasteiger charge is 2.09. The minimum absolute atomic E-state index is 0.0275. The fraction of sp³-hybridized carbons (Fsp3) is 0.294. The van der Waals surface area contributed by atoms with Crippen molar-refractivity contribution in [1.82, 2.24) is 9.97 Å². The van der Waals surface area contributed by atoms with Crippen molar-refractivity contribution in [2.75, 3.05) is 24.4 Å². The van der Waals surface area contributed by atoms with Crippen molar-refractivity contribution in [2.45, 2.75) is 19.8 Å². The molecule has 8 heteroatoms. The van der Waals surface area contributed by atoms with Gasteiger partial charge >= 0.3 is 5.97 Å². The van der Waals surface area contributed by atoms with E-state index in [1.807, 2.05) is 24.3 Å². The number of anilines is 3. The molecule has 0 fully saturated rings. The van der Waals surface area contributed by atoms with E-state index >= 15 is 0 Å². The standard InChI is InChI=1S/C17H20N4O4/c1-3-25-17(23)8-7-16(22)21-15-10-14(18-11-19-15)20-12-5-4-6-13(9-12)24-2/h4-6,9-11H,3,7-8H2,1-2H3,(H2,18,19,20,21,22). The molecule has 0 saturated heterocycles. The molecule has 0 saturated carbocycles. The van der Waals surface area contributed by atoms with Gasteiger partial charge < -0.3 is 20.1 Å². The molecule has 0 spiro atoms. The van der Waals surface area contributed by atoms with E-state index in [9.17, 15) is 9.59 Å². The third-order valence-corrected chi connectivity index (χ3v) is 3.14. The number of methoxy groups -OCH3 is 1. The largest absolute Gasteiger partial charge is 0.497 e. The number of benzene rings is 1. The van der Waals surface area contributed by atoms with E-state index in [4.69, 9.17) is 9.47 Å².